The van der Waals surface area contributed by atoms with E-state index in [9.17, 15) is 0 Å². The number of hydrogen-bond donors (Lipinski definition) is 0. The van der Waals surface area contributed by atoms with Crippen molar-refractivity contribution in [2.24, 2.45) is 0 Å². The molecule has 0 aromatic heterocycles. The fourth-order valence-corrected chi connectivity index (χ4v) is 2.36. The highest BCUT2D eigenvalue weighted by Gasteiger charge is 2.26. The molecule has 1 fully saturated rings. The van der Waals surface area contributed by atoms with Crippen molar-refractivity contribution in [2.75, 3.05) is 13.2 Å². The second kappa shape index (κ2) is 5.43. The highest BCUT2D eigenvalue weighted by atomic mass is 79.9. The minimum absolute atomic E-state index is 0.164. The fraction of sp³-hybridized carbons (Fsp3) is 0.455. The van der Waals surface area contributed by atoms with Crippen molar-refractivity contribution in [3.8, 4) is 0 Å². The molecule has 1 saturated heterocycles. The predicted octanol–water partition coefficient (Wildman–Crippen LogP) is 3.13. The zero-order valence-corrected chi connectivity index (χ0v) is 11.3. The molecule has 1 heterocycles. The Kier molecular flexibility index (Phi) is 4.20. The van der Waals surface area contributed by atoms with Gasteiger partial charge in [0.2, 0.25) is 0 Å². The summed E-state index contributed by atoms with van der Waals surface area (Å²) in [4.78, 5) is 0.319. The Balaban J connectivity index is 1.90. The second-order valence-electron chi connectivity index (χ2n) is 3.49. The zero-order valence-electron chi connectivity index (χ0n) is 8.16. The third kappa shape index (κ3) is 3.03. The average Bonchev–Trinajstić information content (AvgIpc) is 2.63. The van der Waals surface area contributed by atoms with Crippen molar-refractivity contribution in [2.45, 2.75) is 17.5 Å². The van der Waals surface area contributed by atoms with E-state index < -0.39 is 0 Å². The Morgan fingerprint density at radius 2 is 2.13 bits per heavy atom. The summed E-state index contributed by atoms with van der Waals surface area (Å²) < 4.78 is 12.2. The summed E-state index contributed by atoms with van der Waals surface area (Å²) in [5.41, 5.74) is 1.17. The van der Waals surface area contributed by atoms with Crippen LogP contribution in [0.15, 0.2) is 28.7 Å². The first kappa shape index (κ1) is 11.6. The molecule has 0 aliphatic carbocycles. The van der Waals surface area contributed by atoms with Gasteiger partial charge in [0, 0.05) is 4.47 Å². The summed E-state index contributed by atoms with van der Waals surface area (Å²) in [6.07, 6.45) is 0.164. The zero-order chi connectivity index (χ0) is 10.7. The van der Waals surface area contributed by atoms with Gasteiger partial charge in [0.15, 0.2) is 0 Å². The predicted molar refractivity (Wildman–Crippen MR) is 66.3 cm³/mol. The van der Waals surface area contributed by atoms with Gasteiger partial charge in [-0.15, -0.1) is 0 Å². The van der Waals surface area contributed by atoms with Crippen LogP contribution in [0.25, 0.3) is 0 Å². The molecular weight excluding hydrogens is 324 g/mol. The first-order valence-electron chi connectivity index (χ1n) is 4.84. The third-order valence-corrected chi connectivity index (χ3v) is 4.00. The Bertz CT molecular complexity index is 330. The molecule has 2 unspecified atom stereocenters. The standard InChI is InChI=1S/C11H12Br2O2/c12-9-4-2-1-3-8(9)5-15-11-7-14-6-10(11)13/h1-4,10-11H,5-7H2. The topological polar surface area (TPSA) is 18.5 Å². The van der Waals surface area contributed by atoms with Gasteiger partial charge in [0.25, 0.3) is 0 Å². The summed E-state index contributed by atoms with van der Waals surface area (Å²) in [7, 11) is 0. The van der Waals surface area contributed by atoms with E-state index in [1.54, 1.807) is 0 Å². The minimum Gasteiger partial charge on any atom is -0.377 e. The van der Waals surface area contributed by atoms with E-state index in [-0.39, 0.29) is 6.10 Å². The van der Waals surface area contributed by atoms with Crippen LogP contribution in [0.3, 0.4) is 0 Å². The van der Waals surface area contributed by atoms with Gasteiger partial charge >= 0.3 is 0 Å². The van der Waals surface area contributed by atoms with Crippen molar-refractivity contribution in [1.82, 2.24) is 0 Å². The average molecular weight is 336 g/mol. The van der Waals surface area contributed by atoms with Gasteiger partial charge in [-0.25, -0.2) is 0 Å². The summed E-state index contributed by atoms with van der Waals surface area (Å²) >= 11 is 7.03. The van der Waals surface area contributed by atoms with Crippen LogP contribution in [-0.4, -0.2) is 24.1 Å². The molecule has 0 spiro atoms. The van der Waals surface area contributed by atoms with Crippen molar-refractivity contribution in [3.63, 3.8) is 0 Å². The van der Waals surface area contributed by atoms with Crippen LogP contribution in [0.5, 0.6) is 0 Å². The maximum absolute atomic E-state index is 5.78. The lowest BCUT2D eigenvalue weighted by Gasteiger charge is -2.13. The summed E-state index contributed by atoms with van der Waals surface area (Å²) in [5, 5.41) is 0. The van der Waals surface area contributed by atoms with Crippen molar-refractivity contribution in [3.05, 3.63) is 34.3 Å². The van der Waals surface area contributed by atoms with Gasteiger partial charge in [0.1, 0.15) is 0 Å². The van der Waals surface area contributed by atoms with Gasteiger partial charge in [-0.05, 0) is 11.6 Å². The molecule has 2 atom stereocenters. The highest BCUT2D eigenvalue weighted by molar-refractivity contribution is 9.10. The Hall–Kier alpha value is 0.100. The van der Waals surface area contributed by atoms with Crippen LogP contribution in [-0.2, 0) is 16.1 Å². The Labute approximate surface area is 106 Å². The van der Waals surface area contributed by atoms with Gasteiger partial charge in [-0.2, -0.15) is 0 Å². The van der Waals surface area contributed by atoms with E-state index >= 15 is 0 Å². The van der Waals surface area contributed by atoms with E-state index in [1.807, 2.05) is 18.2 Å². The quantitative estimate of drug-likeness (QED) is 0.790. The number of benzene rings is 1. The molecule has 1 aromatic rings. The minimum atomic E-state index is 0.164. The van der Waals surface area contributed by atoms with Crippen LogP contribution in [0.4, 0.5) is 0 Å². The van der Waals surface area contributed by atoms with E-state index in [0.29, 0.717) is 18.0 Å². The molecule has 1 aromatic carbocycles. The van der Waals surface area contributed by atoms with Crippen LogP contribution in [0, 0.1) is 0 Å². The van der Waals surface area contributed by atoms with Crippen molar-refractivity contribution >= 4 is 31.9 Å². The maximum atomic E-state index is 5.78. The van der Waals surface area contributed by atoms with E-state index in [4.69, 9.17) is 9.47 Å². The molecule has 0 bridgehead atoms. The van der Waals surface area contributed by atoms with Crippen molar-refractivity contribution in [1.29, 1.82) is 0 Å². The van der Waals surface area contributed by atoms with Crippen LogP contribution < -0.4 is 0 Å². The molecule has 0 amide bonds. The number of alkyl halides is 1. The molecule has 4 heteroatoms. The number of halogens is 2. The van der Waals surface area contributed by atoms with Gasteiger partial charge in [0.05, 0.1) is 30.8 Å². The lowest BCUT2D eigenvalue weighted by Crippen LogP contribution is -2.21. The van der Waals surface area contributed by atoms with Gasteiger partial charge in [-0.1, -0.05) is 50.1 Å². The molecule has 0 saturated carbocycles. The molecule has 15 heavy (non-hydrogen) atoms. The Morgan fingerprint density at radius 1 is 1.33 bits per heavy atom. The summed E-state index contributed by atoms with van der Waals surface area (Å²) in [5.74, 6) is 0. The molecular formula is C11H12Br2O2. The molecule has 2 nitrogen and oxygen atoms in total. The molecule has 0 N–H and O–H groups in total. The SMILES string of the molecule is Brc1ccccc1COC1COCC1Br. The number of ether oxygens (including phenoxy) is 2. The first-order chi connectivity index (χ1) is 7.27. The van der Waals surface area contributed by atoms with Crippen LogP contribution in [0.1, 0.15) is 5.56 Å². The van der Waals surface area contributed by atoms with Crippen LogP contribution in [0.2, 0.25) is 0 Å². The summed E-state index contributed by atoms with van der Waals surface area (Å²) in [6.45, 7) is 2.04. The molecule has 82 valence electrons. The molecule has 0 radical (unpaired) electrons. The van der Waals surface area contributed by atoms with E-state index in [1.165, 1.54) is 5.56 Å². The smallest absolute Gasteiger partial charge is 0.0960 e. The monoisotopic (exact) mass is 334 g/mol. The number of hydrogen-bond acceptors (Lipinski definition) is 2. The van der Waals surface area contributed by atoms with Crippen molar-refractivity contribution < 1.29 is 9.47 Å². The normalized spacial score (nSPS) is 25.7. The number of rotatable bonds is 3. The largest absolute Gasteiger partial charge is 0.377 e. The van der Waals surface area contributed by atoms with Gasteiger partial charge in [-0.3, -0.25) is 0 Å². The van der Waals surface area contributed by atoms with Gasteiger partial charge < -0.3 is 9.47 Å². The fourth-order valence-electron chi connectivity index (χ4n) is 1.47. The molecule has 1 aliphatic heterocycles. The van der Waals surface area contributed by atoms with Crippen LogP contribution >= 0.6 is 31.9 Å². The lowest BCUT2D eigenvalue weighted by atomic mass is 10.2. The Morgan fingerprint density at radius 3 is 2.80 bits per heavy atom. The first-order valence-corrected chi connectivity index (χ1v) is 6.55. The summed E-state index contributed by atoms with van der Waals surface area (Å²) in [6, 6.07) is 8.10. The maximum Gasteiger partial charge on any atom is 0.0960 e. The van der Waals surface area contributed by atoms with E-state index in [0.717, 1.165) is 11.1 Å². The second-order valence-corrected chi connectivity index (χ2v) is 5.52. The lowest BCUT2D eigenvalue weighted by molar-refractivity contribution is 0.0336. The third-order valence-electron chi connectivity index (χ3n) is 2.37. The van der Waals surface area contributed by atoms with E-state index in [2.05, 4.69) is 37.9 Å². The highest BCUT2D eigenvalue weighted by Crippen LogP contribution is 2.21. The molecule has 2 rings (SSSR count). The molecule has 1 aliphatic rings.